The molecule has 1 aromatic heterocycles. The van der Waals surface area contributed by atoms with E-state index in [1.807, 2.05) is 0 Å². The van der Waals surface area contributed by atoms with E-state index in [4.69, 9.17) is 5.26 Å². The Balaban J connectivity index is 1.80. The van der Waals surface area contributed by atoms with Crippen molar-refractivity contribution >= 4 is 11.6 Å². The molecule has 32 heavy (non-hydrogen) atoms. The van der Waals surface area contributed by atoms with Crippen LogP contribution in [0.4, 0.5) is 23.2 Å². The quantitative estimate of drug-likeness (QED) is 0.442. The van der Waals surface area contributed by atoms with E-state index in [1.165, 1.54) is 47.4 Å². The van der Waals surface area contributed by atoms with E-state index >= 15 is 0 Å². The monoisotopic (exact) mass is 444 g/mol. The fourth-order valence-corrected chi connectivity index (χ4v) is 2.91. The van der Waals surface area contributed by atoms with Crippen molar-refractivity contribution in [2.75, 3.05) is 5.32 Å². The first-order valence-corrected chi connectivity index (χ1v) is 9.13. The SMILES string of the molecule is C=CC(O)(Cn1cc(-c2ccc(F)cc2)cn1)C(=O)Nc1ccc(C#N)c(C(F)(F)F)c1. The lowest BCUT2D eigenvalue weighted by molar-refractivity contribution is -0.137. The molecule has 0 aliphatic heterocycles. The number of nitriles is 1. The molecule has 0 saturated carbocycles. The maximum atomic E-state index is 13.1. The van der Waals surface area contributed by atoms with Gasteiger partial charge < -0.3 is 10.4 Å². The molecular formula is C22H16F4N4O2. The number of amides is 1. The van der Waals surface area contributed by atoms with E-state index in [0.29, 0.717) is 17.2 Å². The summed E-state index contributed by atoms with van der Waals surface area (Å²) in [6.07, 6.45) is -0.897. The van der Waals surface area contributed by atoms with E-state index in [1.54, 1.807) is 0 Å². The van der Waals surface area contributed by atoms with Gasteiger partial charge in [-0.2, -0.15) is 23.5 Å². The van der Waals surface area contributed by atoms with Gasteiger partial charge >= 0.3 is 6.18 Å². The van der Waals surface area contributed by atoms with E-state index < -0.39 is 34.6 Å². The zero-order valence-corrected chi connectivity index (χ0v) is 16.4. The maximum absolute atomic E-state index is 13.1. The summed E-state index contributed by atoms with van der Waals surface area (Å²) in [7, 11) is 0. The number of carbonyl (C=O) groups excluding carboxylic acids is 1. The van der Waals surface area contributed by atoms with Crippen LogP contribution in [0.25, 0.3) is 11.1 Å². The first-order chi connectivity index (χ1) is 15.1. The van der Waals surface area contributed by atoms with Crippen LogP contribution in [0.1, 0.15) is 11.1 Å². The summed E-state index contributed by atoms with van der Waals surface area (Å²) >= 11 is 0. The van der Waals surface area contributed by atoms with Crippen LogP contribution >= 0.6 is 0 Å². The minimum Gasteiger partial charge on any atom is -0.374 e. The molecular weight excluding hydrogens is 428 g/mol. The fourth-order valence-electron chi connectivity index (χ4n) is 2.91. The lowest BCUT2D eigenvalue weighted by atomic mass is 10.0. The minimum atomic E-state index is -4.80. The number of alkyl halides is 3. The summed E-state index contributed by atoms with van der Waals surface area (Å²) < 4.78 is 53.8. The predicted octanol–water partition coefficient (Wildman–Crippen LogP) is 4.14. The van der Waals surface area contributed by atoms with Crippen molar-refractivity contribution in [3.8, 4) is 17.2 Å². The number of rotatable bonds is 6. The van der Waals surface area contributed by atoms with Crippen LogP contribution in [-0.2, 0) is 17.5 Å². The highest BCUT2D eigenvalue weighted by Crippen LogP contribution is 2.33. The molecule has 3 aromatic rings. The van der Waals surface area contributed by atoms with Gasteiger partial charge in [-0.05, 0) is 42.0 Å². The van der Waals surface area contributed by atoms with Gasteiger partial charge in [-0.1, -0.05) is 18.7 Å². The molecule has 164 valence electrons. The van der Waals surface area contributed by atoms with Crippen LogP contribution in [0.2, 0.25) is 0 Å². The predicted molar refractivity (Wildman–Crippen MR) is 108 cm³/mol. The third-order valence-corrected chi connectivity index (χ3v) is 4.65. The number of anilines is 1. The number of hydrogen-bond acceptors (Lipinski definition) is 4. The van der Waals surface area contributed by atoms with Crippen molar-refractivity contribution < 1.29 is 27.5 Å². The number of aromatic nitrogens is 2. The van der Waals surface area contributed by atoms with Gasteiger partial charge in [0.05, 0.1) is 29.9 Å². The van der Waals surface area contributed by atoms with Crippen molar-refractivity contribution in [2.24, 2.45) is 0 Å². The standard InChI is InChI=1S/C22H16F4N4O2/c1-2-21(32,13-30-12-16(11-28-30)14-3-6-17(23)7-4-14)20(31)29-18-8-5-15(10-27)19(9-18)22(24,25)26/h2-9,11-12,32H,1,13H2,(H,29,31). The summed E-state index contributed by atoms with van der Waals surface area (Å²) in [6, 6.07) is 9.71. The zero-order valence-electron chi connectivity index (χ0n) is 16.4. The number of hydrogen-bond donors (Lipinski definition) is 2. The Morgan fingerprint density at radius 1 is 1.22 bits per heavy atom. The highest BCUT2D eigenvalue weighted by atomic mass is 19.4. The van der Waals surface area contributed by atoms with E-state index in [9.17, 15) is 27.5 Å². The molecule has 1 heterocycles. The fraction of sp³-hybridized carbons (Fsp3) is 0.136. The average Bonchev–Trinajstić information content (AvgIpc) is 3.21. The molecule has 1 amide bonds. The molecule has 1 unspecified atom stereocenters. The minimum absolute atomic E-state index is 0.255. The molecule has 10 heteroatoms. The molecule has 0 radical (unpaired) electrons. The maximum Gasteiger partial charge on any atom is 0.417 e. The van der Waals surface area contributed by atoms with Gasteiger partial charge in [0.1, 0.15) is 5.82 Å². The van der Waals surface area contributed by atoms with Crippen molar-refractivity contribution in [1.29, 1.82) is 5.26 Å². The van der Waals surface area contributed by atoms with Gasteiger partial charge in [0.25, 0.3) is 5.91 Å². The molecule has 2 N–H and O–H groups in total. The van der Waals surface area contributed by atoms with E-state index in [0.717, 1.165) is 18.2 Å². The normalized spacial score (nSPS) is 13.1. The molecule has 2 aromatic carbocycles. The van der Waals surface area contributed by atoms with Crippen LogP contribution in [0.3, 0.4) is 0 Å². The number of carbonyl (C=O) groups is 1. The second-order valence-electron chi connectivity index (χ2n) is 6.89. The number of benzene rings is 2. The molecule has 0 saturated heterocycles. The van der Waals surface area contributed by atoms with Crippen LogP contribution in [0.15, 0.2) is 67.5 Å². The molecule has 0 fully saturated rings. The van der Waals surface area contributed by atoms with Crippen LogP contribution in [0, 0.1) is 17.1 Å². The Morgan fingerprint density at radius 2 is 1.91 bits per heavy atom. The largest absolute Gasteiger partial charge is 0.417 e. The second kappa shape index (κ2) is 8.64. The van der Waals surface area contributed by atoms with Crippen molar-refractivity contribution in [1.82, 2.24) is 9.78 Å². The number of halogens is 4. The average molecular weight is 444 g/mol. The lowest BCUT2D eigenvalue weighted by Gasteiger charge is -2.23. The van der Waals surface area contributed by atoms with E-state index in [2.05, 4.69) is 17.0 Å². The second-order valence-corrected chi connectivity index (χ2v) is 6.89. The summed E-state index contributed by atoms with van der Waals surface area (Å²) in [6.45, 7) is 3.05. The van der Waals surface area contributed by atoms with Gasteiger partial charge in [-0.25, -0.2) is 4.39 Å². The Bertz CT molecular complexity index is 1200. The highest BCUT2D eigenvalue weighted by Gasteiger charge is 2.36. The van der Waals surface area contributed by atoms with Crippen LogP contribution < -0.4 is 5.32 Å². The van der Waals surface area contributed by atoms with Gasteiger partial charge in [-0.3, -0.25) is 9.48 Å². The van der Waals surface area contributed by atoms with Gasteiger partial charge in [0.15, 0.2) is 5.60 Å². The van der Waals surface area contributed by atoms with Gasteiger partial charge in [0, 0.05) is 17.4 Å². The topological polar surface area (TPSA) is 90.9 Å². The van der Waals surface area contributed by atoms with Crippen molar-refractivity contribution in [3.05, 3.63) is 84.5 Å². The van der Waals surface area contributed by atoms with E-state index in [-0.39, 0.29) is 12.2 Å². The molecule has 6 nitrogen and oxygen atoms in total. The number of aliphatic hydroxyl groups is 1. The molecule has 3 rings (SSSR count). The first kappa shape index (κ1) is 22.7. The number of nitrogens with one attached hydrogen (secondary N) is 1. The van der Waals surface area contributed by atoms with Crippen LogP contribution in [0.5, 0.6) is 0 Å². The number of nitrogens with zero attached hydrogens (tertiary/aromatic N) is 3. The Kier molecular flexibility index (Phi) is 6.13. The summed E-state index contributed by atoms with van der Waals surface area (Å²) in [4.78, 5) is 12.6. The smallest absolute Gasteiger partial charge is 0.374 e. The Labute approximate surface area is 180 Å². The zero-order chi connectivity index (χ0) is 23.5. The highest BCUT2D eigenvalue weighted by molar-refractivity contribution is 5.98. The third kappa shape index (κ3) is 4.84. The molecule has 0 spiro atoms. The van der Waals surface area contributed by atoms with Crippen molar-refractivity contribution in [3.63, 3.8) is 0 Å². The summed E-state index contributed by atoms with van der Waals surface area (Å²) in [5.74, 6) is -1.44. The Morgan fingerprint density at radius 3 is 2.50 bits per heavy atom. The molecule has 0 aliphatic carbocycles. The molecule has 1 atom stereocenters. The lowest BCUT2D eigenvalue weighted by Crippen LogP contribution is -2.44. The van der Waals surface area contributed by atoms with Crippen molar-refractivity contribution in [2.45, 2.75) is 18.3 Å². The third-order valence-electron chi connectivity index (χ3n) is 4.65. The summed E-state index contributed by atoms with van der Waals surface area (Å²) in [5.41, 5.74) is -3.03. The van der Waals surface area contributed by atoms with Gasteiger partial charge in [-0.15, -0.1) is 0 Å². The Hall–Kier alpha value is -3.97. The van der Waals surface area contributed by atoms with Gasteiger partial charge in [0.2, 0.25) is 0 Å². The molecule has 0 aliphatic rings. The molecule has 0 bridgehead atoms. The van der Waals surface area contributed by atoms with Crippen LogP contribution in [-0.4, -0.2) is 26.4 Å². The first-order valence-electron chi connectivity index (χ1n) is 9.13. The summed E-state index contributed by atoms with van der Waals surface area (Å²) in [5, 5.41) is 25.9.